The molecule has 6 nitrogen and oxygen atoms in total. The molecule has 2 fully saturated rings. The number of benzene rings is 1. The molecule has 23 heavy (non-hydrogen) atoms. The molecule has 1 aromatic carbocycles. The molecule has 2 heterocycles. The highest BCUT2D eigenvalue weighted by Crippen LogP contribution is 2.32. The normalized spacial score (nSPS) is 23.6. The van der Waals surface area contributed by atoms with Crippen molar-refractivity contribution < 1.29 is 19.1 Å². The molecular formula is C17H22N2O4. The largest absolute Gasteiger partial charge is 0.447 e. The average molecular weight is 318 g/mol. The van der Waals surface area contributed by atoms with Crippen LogP contribution in [0.3, 0.4) is 0 Å². The maximum absolute atomic E-state index is 12.3. The molecule has 0 aliphatic carbocycles. The predicted octanol–water partition coefficient (Wildman–Crippen LogP) is 1.30. The second-order valence-electron chi connectivity index (χ2n) is 6.15. The summed E-state index contributed by atoms with van der Waals surface area (Å²) in [5, 5.41) is 0. The second kappa shape index (κ2) is 6.58. The van der Waals surface area contributed by atoms with E-state index in [2.05, 4.69) is 0 Å². The molecule has 1 atom stereocenters. The fourth-order valence-corrected chi connectivity index (χ4v) is 3.40. The number of ether oxygens (including phenoxy) is 2. The summed E-state index contributed by atoms with van der Waals surface area (Å²) >= 11 is 0. The molecule has 0 spiro atoms. The lowest BCUT2D eigenvalue weighted by Crippen LogP contribution is -2.63. The summed E-state index contributed by atoms with van der Waals surface area (Å²) in [5.74, 6) is 0.0679. The van der Waals surface area contributed by atoms with E-state index in [-0.39, 0.29) is 12.0 Å². The van der Waals surface area contributed by atoms with E-state index in [1.807, 2.05) is 35.2 Å². The molecule has 2 aliphatic heterocycles. The van der Waals surface area contributed by atoms with Crippen molar-refractivity contribution in [2.75, 3.05) is 40.0 Å². The molecule has 1 aromatic rings. The van der Waals surface area contributed by atoms with Gasteiger partial charge in [-0.15, -0.1) is 0 Å². The molecule has 124 valence electrons. The van der Waals surface area contributed by atoms with Crippen molar-refractivity contribution in [3.63, 3.8) is 0 Å². The Morgan fingerprint density at radius 2 is 2.09 bits per heavy atom. The first kappa shape index (κ1) is 15.8. The van der Waals surface area contributed by atoms with Crippen LogP contribution >= 0.6 is 0 Å². The summed E-state index contributed by atoms with van der Waals surface area (Å²) in [5.41, 5.74) is 0.682. The lowest BCUT2D eigenvalue weighted by Gasteiger charge is -2.44. The van der Waals surface area contributed by atoms with Crippen molar-refractivity contribution in [1.29, 1.82) is 0 Å². The van der Waals surface area contributed by atoms with Crippen LogP contribution < -0.4 is 0 Å². The van der Waals surface area contributed by atoms with Crippen LogP contribution in [0.5, 0.6) is 0 Å². The fourth-order valence-electron chi connectivity index (χ4n) is 3.40. The quantitative estimate of drug-likeness (QED) is 0.821. The highest BCUT2D eigenvalue weighted by Gasteiger charge is 2.51. The maximum Gasteiger partial charge on any atom is 0.410 e. The van der Waals surface area contributed by atoms with Crippen molar-refractivity contribution in [3.05, 3.63) is 35.9 Å². The fraction of sp³-hybridized carbons (Fsp3) is 0.529. The molecule has 0 radical (unpaired) electrons. The lowest BCUT2D eigenvalue weighted by atomic mass is 9.88. The van der Waals surface area contributed by atoms with E-state index in [9.17, 15) is 9.59 Å². The van der Waals surface area contributed by atoms with Crippen LogP contribution in [0, 0.1) is 0 Å². The van der Waals surface area contributed by atoms with Gasteiger partial charge < -0.3 is 14.4 Å². The van der Waals surface area contributed by atoms with E-state index in [0.29, 0.717) is 45.7 Å². The Kier molecular flexibility index (Phi) is 4.52. The molecule has 6 heteroatoms. The molecule has 0 saturated carbocycles. The highest BCUT2D eigenvalue weighted by atomic mass is 16.6. The molecule has 0 aromatic heterocycles. The standard InChI is InChI=1S/C17H22N2O4/c1-22-10-7-15(20)18-8-9-19-16(21)23-13-17(19,12-18)11-14-5-3-2-4-6-14/h2-6H,7-13H2,1H3. The van der Waals surface area contributed by atoms with Gasteiger partial charge >= 0.3 is 6.09 Å². The number of methoxy groups -OCH3 is 1. The Morgan fingerprint density at radius 3 is 2.83 bits per heavy atom. The van der Waals surface area contributed by atoms with Crippen LogP contribution in [0.2, 0.25) is 0 Å². The summed E-state index contributed by atoms with van der Waals surface area (Å²) in [6.07, 6.45) is 0.783. The predicted molar refractivity (Wildman–Crippen MR) is 84.0 cm³/mol. The average Bonchev–Trinajstić information content (AvgIpc) is 2.89. The SMILES string of the molecule is COCCC(=O)N1CCN2C(=O)OCC2(Cc2ccccc2)C1. The number of cyclic esters (lactones) is 1. The Morgan fingerprint density at radius 1 is 1.30 bits per heavy atom. The van der Waals surface area contributed by atoms with Crippen molar-refractivity contribution in [1.82, 2.24) is 9.80 Å². The van der Waals surface area contributed by atoms with Crippen LogP contribution in [0.15, 0.2) is 30.3 Å². The van der Waals surface area contributed by atoms with Gasteiger partial charge in [0.2, 0.25) is 5.91 Å². The Bertz CT molecular complexity index is 577. The summed E-state index contributed by atoms with van der Waals surface area (Å²) in [4.78, 5) is 28.0. The van der Waals surface area contributed by atoms with Gasteiger partial charge in [-0.2, -0.15) is 0 Å². The second-order valence-corrected chi connectivity index (χ2v) is 6.15. The number of carbonyl (C=O) groups is 2. The minimum Gasteiger partial charge on any atom is -0.447 e. The third-order valence-corrected chi connectivity index (χ3v) is 4.58. The Hall–Kier alpha value is -2.08. The van der Waals surface area contributed by atoms with E-state index in [4.69, 9.17) is 9.47 Å². The van der Waals surface area contributed by atoms with Gasteiger partial charge in [0.15, 0.2) is 0 Å². The van der Waals surface area contributed by atoms with Crippen LogP contribution in [-0.4, -0.2) is 67.3 Å². The van der Waals surface area contributed by atoms with Gasteiger partial charge in [-0.1, -0.05) is 30.3 Å². The first-order valence-electron chi connectivity index (χ1n) is 7.90. The molecule has 2 amide bonds. The van der Waals surface area contributed by atoms with E-state index in [1.54, 1.807) is 12.0 Å². The van der Waals surface area contributed by atoms with Crippen LogP contribution in [0.25, 0.3) is 0 Å². The molecule has 2 aliphatic rings. The molecule has 1 unspecified atom stereocenters. The number of piperazine rings is 1. The highest BCUT2D eigenvalue weighted by molar-refractivity contribution is 5.78. The van der Waals surface area contributed by atoms with E-state index < -0.39 is 5.54 Å². The Balaban J connectivity index is 1.78. The van der Waals surface area contributed by atoms with Gasteiger partial charge in [-0.05, 0) is 5.56 Å². The van der Waals surface area contributed by atoms with E-state index in [1.165, 1.54) is 0 Å². The third kappa shape index (κ3) is 3.17. The van der Waals surface area contributed by atoms with Crippen LogP contribution in [0.1, 0.15) is 12.0 Å². The van der Waals surface area contributed by atoms with Crippen LogP contribution in [0.4, 0.5) is 4.79 Å². The number of fused-ring (bicyclic) bond motifs is 1. The monoisotopic (exact) mass is 318 g/mol. The van der Waals surface area contributed by atoms with Gasteiger partial charge in [-0.3, -0.25) is 9.69 Å². The van der Waals surface area contributed by atoms with Crippen LogP contribution in [-0.2, 0) is 20.7 Å². The molecule has 0 bridgehead atoms. The van der Waals surface area contributed by atoms with Gasteiger partial charge in [0.25, 0.3) is 0 Å². The van der Waals surface area contributed by atoms with Crippen molar-refractivity contribution in [2.45, 2.75) is 18.4 Å². The minimum absolute atomic E-state index is 0.0679. The van der Waals surface area contributed by atoms with E-state index in [0.717, 1.165) is 5.56 Å². The number of amides is 2. The van der Waals surface area contributed by atoms with E-state index >= 15 is 0 Å². The van der Waals surface area contributed by atoms with Gasteiger partial charge in [0, 0.05) is 33.2 Å². The molecule has 2 saturated heterocycles. The number of rotatable bonds is 5. The summed E-state index contributed by atoms with van der Waals surface area (Å²) in [6.45, 7) is 2.32. The van der Waals surface area contributed by atoms with Gasteiger partial charge in [-0.25, -0.2) is 4.79 Å². The zero-order chi connectivity index (χ0) is 16.3. The lowest BCUT2D eigenvalue weighted by molar-refractivity contribution is -0.136. The molecule has 3 rings (SSSR count). The number of nitrogens with zero attached hydrogens (tertiary/aromatic N) is 2. The first-order chi connectivity index (χ1) is 11.1. The number of carbonyl (C=O) groups excluding carboxylic acids is 2. The van der Waals surface area contributed by atoms with Crippen molar-refractivity contribution in [3.8, 4) is 0 Å². The van der Waals surface area contributed by atoms with Gasteiger partial charge in [0.05, 0.1) is 13.0 Å². The number of hydrogen-bond donors (Lipinski definition) is 0. The van der Waals surface area contributed by atoms with Gasteiger partial charge in [0.1, 0.15) is 12.1 Å². The van der Waals surface area contributed by atoms with Crippen molar-refractivity contribution in [2.24, 2.45) is 0 Å². The topological polar surface area (TPSA) is 59.1 Å². The number of hydrogen-bond acceptors (Lipinski definition) is 4. The summed E-state index contributed by atoms with van der Waals surface area (Å²) in [6, 6.07) is 10.0. The Labute approximate surface area is 136 Å². The maximum atomic E-state index is 12.3. The molecule has 0 N–H and O–H groups in total. The third-order valence-electron chi connectivity index (χ3n) is 4.58. The summed E-state index contributed by atoms with van der Waals surface area (Å²) in [7, 11) is 1.59. The summed E-state index contributed by atoms with van der Waals surface area (Å²) < 4.78 is 10.3. The zero-order valence-corrected chi connectivity index (χ0v) is 13.4. The molecular weight excluding hydrogens is 296 g/mol. The minimum atomic E-state index is -0.459. The zero-order valence-electron chi connectivity index (χ0n) is 13.4. The van der Waals surface area contributed by atoms with Crippen molar-refractivity contribution >= 4 is 12.0 Å². The first-order valence-corrected chi connectivity index (χ1v) is 7.90. The smallest absolute Gasteiger partial charge is 0.410 e.